The third-order valence-corrected chi connectivity index (χ3v) is 6.37. The third kappa shape index (κ3) is 4.65. The van der Waals surface area contributed by atoms with Gasteiger partial charge in [0.05, 0.1) is 0 Å². The van der Waals surface area contributed by atoms with E-state index in [4.69, 9.17) is 0 Å². The monoisotopic (exact) mass is 478 g/mol. The van der Waals surface area contributed by atoms with Crippen LogP contribution in [0.4, 0.5) is 0 Å². The van der Waals surface area contributed by atoms with E-state index >= 15 is 0 Å². The van der Waals surface area contributed by atoms with Crippen molar-refractivity contribution in [1.82, 2.24) is 19.7 Å². The van der Waals surface area contributed by atoms with Gasteiger partial charge in [-0.05, 0) is 52.9 Å². The van der Waals surface area contributed by atoms with Crippen LogP contribution < -0.4 is 0 Å². The van der Waals surface area contributed by atoms with Crippen LogP contribution in [0.5, 0.6) is 0 Å². The van der Waals surface area contributed by atoms with Gasteiger partial charge >= 0.3 is 0 Å². The van der Waals surface area contributed by atoms with E-state index in [0.717, 1.165) is 32.5 Å². The second-order valence-electron chi connectivity index (χ2n) is 8.09. The molecule has 0 amide bonds. The van der Waals surface area contributed by atoms with Crippen molar-refractivity contribution < 1.29 is 0 Å². The summed E-state index contributed by atoms with van der Waals surface area (Å²) in [5.74, 6) is 1.64. The largest absolute Gasteiger partial charge is 0.270 e. The molecule has 4 nitrogen and oxygen atoms in total. The van der Waals surface area contributed by atoms with Crippen LogP contribution in [-0.2, 0) is 11.2 Å². The lowest BCUT2D eigenvalue weighted by Crippen LogP contribution is -2.10. The Labute approximate surface area is 189 Å². The first-order chi connectivity index (χ1) is 14.4. The van der Waals surface area contributed by atoms with Crippen molar-refractivity contribution >= 4 is 27.7 Å². The summed E-state index contributed by atoms with van der Waals surface area (Å²) in [6, 6.07) is 21.0. The Morgan fingerprint density at radius 3 is 2.17 bits per heavy atom. The first kappa shape index (κ1) is 20.8. The number of thioether (sulfide) groups is 1. The molecule has 0 aliphatic rings. The lowest BCUT2D eigenvalue weighted by molar-refractivity contribution is 0.590. The van der Waals surface area contributed by atoms with E-state index in [1.165, 1.54) is 11.1 Å². The highest BCUT2D eigenvalue weighted by Gasteiger charge is 2.17. The summed E-state index contributed by atoms with van der Waals surface area (Å²) in [5.41, 5.74) is 4.79. The van der Waals surface area contributed by atoms with Crippen molar-refractivity contribution in [3.05, 3.63) is 88.7 Å². The molecule has 0 fully saturated rings. The summed E-state index contributed by atoms with van der Waals surface area (Å²) in [4.78, 5) is 4.12. The Bertz CT molecular complexity index is 1110. The molecule has 0 spiro atoms. The molecular weight excluding hydrogens is 456 g/mol. The van der Waals surface area contributed by atoms with Gasteiger partial charge in [0.1, 0.15) is 0 Å². The van der Waals surface area contributed by atoms with E-state index in [-0.39, 0.29) is 5.41 Å². The zero-order valence-electron chi connectivity index (χ0n) is 17.2. The van der Waals surface area contributed by atoms with Crippen LogP contribution in [0.1, 0.15) is 31.9 Å². The summed E-state index contributed by atoms with van der Waals surface area (Å²) in [6.07, 6.45) is 3.55. The zero-order valence-corrected chi connectivity index (χ0v) is 19.6. The van der Waals surface area contributed by atoms with Crippen molar-refractivity contribution in [2.45, 2.75) is 37.1 Å². The van der Waals surface area contributed by atoms with E-state index in [1.807, 2.05) is 24.3 Å². The highest BCUT2D eigenvalue weighted by Crippen LogP contribution is 2.31. The minimum atomic E-state index is 0.160. The first-order valence-corrected chi connectivity index (χ1v) is 11.5. The fourth-order valence-electron chi connectivity index (χ4n) is 3.12. The molecule has 0 unspecified atom stereocenters. The van der Waals surface area contributed by atoms with Crippen LogP contribution in [0.25, 0.3) is 17.1 Å². The Morgan fingerprint density at radius 1 is 0.867 bits per heavy atom. The van der Waals surface area contributed by atoms with Gasteiger partial charge < -0.3 is 0 Å². The van der Waals surface area contributed by atoms with Gasteiger partial charge in [-0.25, -0.2) is 0 Å². The van der Waals surface area contributed by atoms with Crippen LogP contribution in [0.3, 0.4) is 0 Å². The molecule has 6 heteroatoms. The van der Waals surface area contributed by atoms with E-state index in [9.17, 15) is 0 Å². The summed E-state index contributed by atoms with van der Waals surface area (Å²) in [6.45, 7) is 6.70. The Morgan fingerprint density at radius 2 is 1.53 bits per heavy atom. The quantitative estimate of drug-likeness (QED) is 0.300. The first-order valence-electron chi connectivity index (χ1n) is 9.76. The van der Waals surface area contributed by atoms with E-state index in [0.29, 0.717) is 0 Å². The standard InChI is InChI=1S/C24H23BrN4S/c1-24(2,3)19-6-4-17(5-7-19)16-30-23-28-27-22(18-12-14-26-15-13-18)29(23)21-10-8-20(25)9-11-21/h4-15H,16H2,1-3H3. The van der Waals surface area contributed by atoms with Gasteiger partial charge in [0.25, 0.3) is 0 Å². The Balaban J connectivity index is 1.65. The van der Waals surface area contributed by atoms with E-state index in [2.05, 4.69) is 92.8 Å². The van der Waals surface area contributed by atoms with Gasteiger partial charge in [-0.15, -0.1) is 10.2 Å². The Hall–Kier alpha value is -2.44. The summed E-state index contributed by atoms with van der Waals surface area (Å²) < 4.78 is 3.15. The predicted octanol–water partition coefficient (Wildman–Crippen LogP) is 6.68. The fraction of sp³-hybridized carbons (Fsp3) is 0.208. The van der Waals surface area contributed by atoms with Crippen molar-refractivity contribution in [2.24, 2.45) is 0 Å². The third-order valence-electron chi connectivity index (χ3n) is 4.84. The second kappa shape index (κ2) is 8.74. The molecule has 0 aliphatic heterocycles. The molecule has 2 aromatic heterocycles. The van der Waals surface area contributed by atoms with E-state index in [1.54, 1.807) is 24.2 Å². The minimum absolute atomic E-state index is 0.160. The van der Waals surface area contributed by atoms with Gasteiger partial charge in [-0.3, -0.25) is 9.55 Å². The maximum absolute atomic E-state index is 4.51. The molecule has 0 atom stereocenters. The van der Waals surface area contributed by atoms with Crippen LogP contribution in [0.15, 0.2) is 82.7 Å². The van der Waals surface area contributed by atoms with Gasteiger partial charge in [0, 0.05) is 33.9 Å². The number of benzene rings is 2. The van der Waals surface area contributed by atoms with Crippen molar-refractivity contribution in [3.63, 3.8) is 0 Å². The van der Waals surface area contributed by atoms with Gasteiger partial charge in [-0.1, -0.05) is 72.7 Å². The molecular formula is C24H23BrN4S. The normalized spacial score (nSPS) is 11.6. The lowest BCUT2D eigenvalue weighted by atomic mass is 9.87. The van der Waals surface area contributed by atoms with Gasteiger partial charge in [0.15, 0.2) is 11.0 Å². The smallest absolute Gasteiger partial charge is 0.196 e. The van der Waals surface area contributed by atoms with E-state index < -0.39 is 0 Å². The molecule has 4 rings (SSSR count). The van der Waals surface area contributed by atoms with Crippen LogP contribution in [-0.4, -0.2) is 19.7 Å². The molecule has 0 aliphatic carbocycles. The summed E-state index contributed by atoms with van der Waals surface area (Å²) in [5, 5.41) is 9.87. The van der Waals surface area contributed by atoms with Crippen molar-refractivity contribution in [2.75, 3.05) is 0 Å². The fourth-order valence-corrected chi connectivity index (χ4v) is 4.30. The second-order valence-corrected chi connectivity index (χ2v) is 9.95. The molecule has 0 saturated heterocycles. The van der Waals surface area contributed by atoms with Crippen LogP contribution in [0.2, 0.25) is 0 Å². The number of hydrogen-bond donors (Lipinski definition) is 0. The Kier molecular flexibility index (Phi) is 6.06. The maximum Gasteiger partial charge on any atom is 0.196 e. The van der Waals surface area contributed by atoms with Crippen molar-refractivity contribution in [3.8, 4) is 17.1 Å². The minimum Gasteiger partial charge on any atom is -0.270 e. The number of halogens is 1. The average molecular weight is 479 g/mol. The summed E-state index contributed by atoms with van der Waals surface area (Å²) >= 11 is 5.21. The molecule has 0 saturated carbocycles. The lowest BCUT2D eigenvalue weighted by Gasteiger charge is -2.19. The highest BCUT2D eigenvalue weighted by molar-refractivity contribution is 9.10. The van der Waals surface area contributed by atoms with Gasteiger partial charge in [0.2, 0.25) is 0 Å². The number of aromatic nitrogens is 4. The molecule has 0 N–H and O–H groups in total. The number of pyridine rings is 1. The maximum atomic E-state index is 4.51. The number of hydrogen-bond acceptors (Lipinski definition) is 4. The molecule has 0 bridgehead atoms. The molecule has 4 aromatic rings. The van der Waals surface area contributed by atoms with Gasteiger partial charge in [-0.2, -0.15) is 0 Å². The zero-order chi connectivity index (χ0) is 21.1. The summed E-state index contributed by atoms with van der Waals surface area (Å²) in [7, 11) is 0. The van der Waals surface area contributed by atoms with Crippen LogP contribution >= 0.6 is 27.7 Å². The molecule has 0 radical (unpaired) electrons. The molecule has 2 aromatic carbocycles. The predicted molar refractivity (Wildman–Crippen MR) is 127 cm³/mol. The average Bonchev–Trinajstić information content (AvgIpc) is 3.17. The highest BCUT2D eigenvalue weighted by atomic mass is 79.9. The molecule has 152 valence electrons. The van der Waals surface area contributed by atoms with Crippen molar-refractivity contribution in [1.29, 1.82) is 0 Å². The molecule has 2 heterocycles. The molecule has 30 heavy (non-hydrogen) atoms. The topological polar surface area (TPSA) is 43.6 Å². The number of nitrogens with zero attached hydrogens (tertiary/aromatic N) is 4. The number of rotatable bonds is 5. The SMILES string of the molecule is CC(C)(C)c1ccc(CSc2nnc(-c3ccncc3)n2-c2ccc(Br)cc2)cc1. The van der Waals surface area contributed by atoms with Crippen LogP contribution in [0, 0.1) is 0 Å².